The predicted molar refractivity (Wildman–Crippen MR) is 90.1 cm³/mol. The second-order valence-corrected chi connectivity index (χ2v) is 6.13. The van der Waals surface area contributed by atoms with Crippen LogP contribution in [0.25, 0.3) is 17.1 Å². The lowest BCUT2D eigenvalue weighted by atomic mass is 10.2. The summed E-state index contributed by atoms with van der Waals surface area (Å²) < 4.78 is 20.1. The molecular formula is C16H11FN6O2S. The summed E-state index contributed by atoms with van der Waals surface area (Å²) in [6.45, 7) is 0. The maximum Gasteiger partial charge on any atom is 0.247 e. The molecule has 2 aromatic carbocycles. The Labute approximate surface area is 150 Å². The van der Waals surface area contributed by atoms with Crippen molar-refractivity contribution in [2.75, 3.05) is 0 Å². The zero-order valence-corrected chi connectivity index (χ0v) is 14.0. The fraction of sp³-hybridized carbons (Fsp3) is 0.0625. The number of hydrogen-bond acceptors (Lipinski definition) is 8. The van der Waals surface area contributed by atoms with Crippen molar-refractivity contribution < 1.29 is 13.9 Å². The first-order chi connectivity index (χ1) is 12.7. The van der Waals surface area contributed by atoms with Gasteiger partial charge in [-0.2, -0.15) is 4.68 Å². The van der Waals surface area contributed by atoms with Crippen LogP contribution in [0.15, 0.2) is 58.1 Å². The minimum Gasteiger partial charge on any atom is -0.508 e. The molecule has 0 aliphatic heterocycles. The van der Waals surface area contributed by atoms with E-state index >= 15 is 0 Å². The highest BCUT2D eigenvalue weighted by Gasteiger charge is 2.13. The van der Waals surface area contributed by atoms with E-state index in [4.69, 9.17) is 4.42 Å². The maximum absolute atomic E-state index is 13.0. The van der Waals surface area contributed by atoms with Crippen LogP contribution in [0.1, 0.15) is 5.89 Å². The Hall–Kier alpha value is -3.27. The van der Waals surface area contributed by atoms with Crippen LogP contribution in [0.5, 0.6) is 5.75 Å². The highest BCUT2D eigenvalue weighted by Crippen LogP contribution is 2.25. The van der Waals surface area contributed by atoms with E-state index in [1.807, 2.05) is 0 Å². The van der Waals surface area contributed by atoms with Crippen LogP contribution >= 0.6 is 11.8 Å². The van der Waals surface area contributed by atoms with Crippen LogP contribution in [0, 0.1) is 5.82 Å². The Bertz CT molecular complexity index is 1020. The molecule has 0 saturated carbocycles. The van der Waals surface area contributed by atoms with Gasteiger partial charge in [0.1, 0.15) is 11.6 Å². The Morgan fingerprint density at radius 1 is 1.00 bits per heavy atom. The quantitative estimate of drug-likeness (QED) is 0.535. The van der Waals surface area contributed by atoms with Gasteiger partial charge in [-0.1, -0.05) is 11.8 Å². The molecule has 0 amide bonds. The van der Waals surface area contributed by atoms with Crippen LogP contribution in [0.3, 0.4) is 0 Å². The number of benzene rings is 2. The molecule has 0 aliphatic carbocycles. The van der Waals surface area contributed by atoms with E-state index in [1.165, 1.54) is 23.9 Å². The summed E-state index contributed by atoms with van der Waals surface area (Å²) >= 11 is 1.32. The van der Waals surface area contributed by atoms with E-state index in [0.29, 0.717) is 33.9 Å². The summed E-state index contributed by atoms with van der Waals surface area (Å²) in [6.07, 6.45) is 0. The minimum absolute atomic E-state index is 0.162. The molecule has 1 N–H and O–H groups in total. The van der Waals surface area contributed by atoms with Crippen LogP contribution in [-0.2, 0) is 5.75 Å². The second-order valence-electron chi connectivity index (χ2n) is 5.19. The molecule has 2 heterocycles. The first kappa shape index (κ1) is 16.2. The third kappa shape index (κ3) is 3.40. The van der Waals surface area contributed by atoms with Gasteiger partial charge in [0, 0.05) is 5.56 Å². The highest BCUT2D eigenvalue weighted by molar-refractivity contribution is 7.98. The standard InChI is InChI=1S/C16H11FN6O2S/c17-11-3-1-10(2-4-11)15-19-18-14(25-15)9-26-16-20-21-22-23(16)12-5-7-13(24)8-6-12/h1-8,24H,9H2. The van der Waals surface area contributed by atoms with Crippen molar-refractivity contribution in [1.82, 2.24) is 30.4 Å². The lowest BCUT2D eigenvalue weighted by Gasteiger charge is -2.03. The van der Waals surface area contributed by atoms with Crippen molar-refractivity contribution in [3.05, 3.63) is 60.2 Å². The molecule has 2 aromatic heterocycles. The molecule has 130 valence electrons. The summed E-state index contributed by atoms with van der Waals surface area (Å²) in [4.78, 5) is 0. The molecule has 4 rings (SSSR count). The lowest BCUT2D eigenvalue weighted by molar-refractivity contribution is 0.475. The smallest absolute Gasteiger partial charge is 0.247 e. The molecule has 4 aromatic rings. The normalized spacial score (nSPS) is 11.0. The molecule has 0 fully saturated rings. The summed E-state index contributed by atoms with van der Waals surface area (Å²) in [5.41, 5.74) is 1.36. The number of tetrazole rings is 1. The number of phenols is 1. The van der Waals surface area contributed by atoms with Crippen molar-refractivity contribution in [3.63, 3.8) is 0 Å². The average Bonchev–Trinajstić information content (AvgIpc) is 3.30. The van der Waals surface area contributed by atoms with E-state index in [9.17, 15) is 9.50 Å². The van der Waals surface area contributed by atoms with Gasteiger partial charge in [-0.05, 0) is 59.0 Å². The third-order valence-corrected chi connectivity index (χ3v) is 4.32. The van der Waals surface area contributed by atoms with E-state index < -0.39 is 0 Å². The van der Waals surface area contributed by atoms with Gasteiger partial charge in [0.15, 0.2) is 0 Å². The summed E-state index contributed by atoms with van der Waals surface area (Å²) in [5.74, 6) is 0.917. The molecule has 26 heavy (non-hydrogen) atoms. The number of aromatic nitrogens is 6. The maximum atomic E-state index is 13.0. The van der Waals surface area contributed by atoms with Crippen molar-refractivity contribution in [1.29, 1.82) is 0 Å². The molecule has 0 saturated heterocycles. The van der Waals surface area contributed by atoms with E-state index in [-0.39, 0.29) is 11.6 Å². The Morgan fingerprint density at radius 3 is 2.54 bits per heavy atom. The number of rotatable bonds is 5. The summed E-state index contributed by atoms with van der Waals surface area (Å²) in [5, 5.41) is 29.5. The van der Waals surface area contributed by atoms with Crippen molar-refractivity contribution in [2.24, 2.45) is 0 Å². The minimum atomic E-state index is -0.329. The molecule has 0 radical (unpaired) electrons. The van der Waals surface area contributed by atoms with Gasteiger partial charge in [-0.25, -0.2) is 4.39 Å². The van der Waals surface area contributed by atoms with Gasteiger partial charge in [0.2, 0.25) is 16.9 Å². The number of hydrogen-bond donors (Lipinski definition) is 1. The van der Waals surface area contributed by atoms with Crippen molar-refractivity contribution in [3.8, 4) is 22.9 Å². The molecule has 0 spiro atoms. The monoisotopic (exact) mass is 370 g/mol. The molecule has 0 bridgehead atoms. The topological polar surface area (TPSA) is 103 Å². The lowest BCUT2D eigenvalue weighted by Crippen LogP contribution is -1.98. The zero-order valence-electron chi connectivity index (χ0n) is 13.2. The largest absolute Gasteiger partial charge is 0.508 e. The first-order valence-corrected chi connectivity index (χ1v) is 8.46. The predicted octanol–water partition coefficient (Wildman–Crippen LogP) is 2.85. The van der Waals surface area contributed by atoms with Gasteiger partial charge in [0.05, 0.1) is 11.4 Å². The summed E-state index contributed by atoms with van der Waals surface area (Å²) in [6, 6.07) is 12.3. The fourth-order valence-corrected chi connectivity index (χ4v) is 2.90. The van der Waals surface area contributed by atoms with E-state index in [2.05, 4.69) is 25.7 Å². The highest BCUT2D eigenvalue weighted by atomic mass is 32.2. The third-order valence-electron chi connectivity index (χ3n) is 3.42. The number of aromatic hydroxyl groups is 1. The van der Waals surface area contributed by atoms with Crippen LogP contribution in [0.2, 0.25) is 0 Å². The number of nitrogens with zero attached hydrogens (tertiary/aromatic N) is 6. The fourth-order valence-electron chi connectivity index (χ4n) is 2.17. The molecule has 0 unspecified atom stereocenters. The number of thioether (sulfide) groups is 1. The number of halogens is 1. The Morgan fingerprint density at radius 2 is 1.77 bits per heavy atom. The number of phenolic OH excluding ortho intramolecular Hbond substituents is 1. The van der Waals surface area contributed by atoms with Gasteiger partial charge in [-0.3, -0.25) is 0 Å². The van der Waals surface area contributed by atoms with E-state index in [1.54, 1.807) is 41.1 Å². The zero-order chi connectivity index (χ0) is 17.9. The average molecular weight is 370 g/mol. The Kier molecular flexibility index (Phi) is 4.32. The Balaban J connectivity index is 1.48. The second kappa shape index (κ2) is 6.92. The SMILES string of the molecule is Oc1ccc(-n2nnnc2SCc2nnc(-c3ccc(F)cc3)o2)cc1. The van der Waals surface area contributed by atoms with Crippen LogP contribution in [-0.4, -0.2) is 35.5 Å². The van der Waals surface area contributed by atoms with Gasteiger partial charge < -0.3 is 9.52 Å². The van der Waals surface area contributed by atoms with Crippen molar-refractivity contribution in [2.45, 2.75) is 10.9 Å². The molecule has 8 nitrogen and oxygen atoms in total. The van der Waals surface area contributed by atoms with Gasteiger partial charge in [-0.15, -0.1) is 15.3 Å². The van der Waals surface area contributed by atoms with Gasteiger partial charge in [0.25, 0.3) is 0 Å². The van der Waals surface area contributed by atoms with Crippen molar-refractivity contribution >= 4 is 11.8 Å². The van der Waals surface area contributed by atoms with E-state index in [0.717, 1.165) is 0 Å². The molecule has 0 aliphatic rings. The van der Waals surface area contributed by atoms with Crippen LogP contribution < -0.4 is 0 Å². The van der Waals surface area contributed by atoms with Crippen LogP contribution in [0.4, 0.5) is 4.39 Å². The first-order valence-electron chi connectivity index (χ1n) is 7.48. The molecule has 0 atom stereocenters. The van der Waals surface area contributed by atoms with Gasteiger partial charge >= 0.3 is 0 Å². The summed E-state index contributed by atoms with van der Waals surface area (Å²) in [7, 11) is 0. The molecule has 10 heteroatoms. The molecular weight excluding hydrogens is 359 g/mol.